The summed E-state index contributed by atoms with van der Waals surface area (Å²) in [6.45, 7) is 5.67. The van der Waals surface area contributed by atoms with Crippen molar-refractivity contribution in [3.8, 4) is 11.5 Å². The van der Waals surface area contributed by atoms with Gasteiger partial charge in [0.15, 0.2) is 5.75 Å². The summed E-state index contributed by atoms with van der Waals surface area (Å²) < 4.78 is 51.8. The fraction of sp³-hybridized carbons (Fsp3) is 0.333. The Morgan fingerprint density at radius 1 is 1.21 bits per heavy atom. The van der Waals surface area contributed by atoms with E-state index >= 15 is 0 Å². The fourth-order valence-corrected chi connectivity index (χ4v) is 4.36. The van der Waals surface area contributed by atoms with Crippen molar-refractivity contribution in [3.63, 3.8) is 0 Å². The van der Waals surface area contributed by atoms with E-state index in [2.05, 4.69) is 10.4 Å². The minimum Gasteiger partial charge on any atom is -0.460 e. The first-order chi connectivity index (χ1) is 15.6. The summed E-state index contributed by atoms with van der Waals surface area (Å²) >= 11 is 0. The Morgan fingerprint density at radius 2 is 1.97 bits per heavy atom. The highest BCUT2D eigenvalue weighted by Gasteiger charge is 2.48. The Labute approximate surface area is 187 Å². The molecule has 4 aromatic rings. The lowest BCUT2D eigenvalue weighted by molar-refractivity contribution is -0.198. The molecule has 1 amide bonds. The number of hydrogen-bond donors (Lipinski definition) is 1. The molecular weight excluding hydrogens is 435 g/mol. The molecule has 3 aromatic heterocycles. The van der Waals surface area contributed by atoms with E-state index in [0.29, 0.717) is 33.8 Å². The molecule has 0 unspecified atom stereocenters. The molecule has 0 radical (unpaired) electrons. The first kappa shape index (κ1) is 21.4. The third kappa shape index (κ3) is 3.71. The van der Waals surface area contributed by atoms with Gasteiger partial charge >= 0.3 is 6.18 Å². The predicted molar refractivity (Wildman–Crippen MR) is 116 cm³/mol. The van der Waals surface area contributed by atoms with Crippen LogP contribution in [0.1, 0.15) is 40.1 Å². The number of aromatic nitrogens is 2. The number of alkyl halides is 3. The molecule has 0 atom stereocenters. The molecular formula is C24H22F3N3O3. The van der Waals surface area contributed by atoms with Gasteiger partial charge in [-0.1, -0.05) is 0 Å². The van der Waals surface area contributed by atoms with Gasteiger partial charge in [-0.3, -0.25) is 4.79 Å². The highest BCUT2D eigenvalue weighted by Crippen LogP contribution is 2.41. The third-order valence-electron chi connectivity index (χ3n) is 6.37. The third-order valence-corrected chi connectivity index (χ3v) is 6.37. The molecule has 5 rings (SSSR count). The van der Waals surface area contributed by atoms with Gasteiger partial charge in [0.25, 0.3) is 5.91 Å². The van der Waals surface area contributed by atoms with Crippen molar-refractivity contribution in [2.24, 2.45) is 5.92 Å². The number of amides is 1. The van der Waals surface area contributed by atoms with E-state index in [0.717, 1.165) is 16.6 Å². The van der Waals surface area contributed by atoms with Crippen molar-refractivity contribution >= 4 is 22.4 Å². The van der Waals surface area contributed by atoms with Gasteiger partial charge in [-0.15, -0.1) is 0 Å². The van der Waals surface area contributed by atoms with Gasteiger partial charge in [0.05, 0.1) is 17.7 Å². The normalized spacial score (nSPS) is 18.5. The maximum absolute atomic E-state index is 12.8. The topological polar surface area (TPSA) is 68.8 Å². The van der Waals surface area contributed by atoms with Crippen LogP contribution in [0.25, 0.3) is 16.5 Å². The average Bonchev–Trinajstić information content (AvgIpc) is 3.19. The van der Waals surface area contributed by atoms with E-state index in [1.54, 1.807) is 41.9 Å². The van der Waals surface area contributed by atoms with Gasteiger partial charge in [-0.05, 0) is 56.9 Å². The lowest BCUT2D eigenvalue weighted by Gasteiger charge is -2.36. The maximum atomic E-state index is 12.8. The standard InChI is InChI=1S/C24H22F3N3O3/c1-12-11-30-22(13(12)2)19(6-7-28-30)33-17-4-5-18-20(10-17)32-14(3)21(18)23(31)29-16-8-15(9-16)24(25,26)27/h4-7,10-11,15-16H,8-9H2,1-3H3,(H,29,31). The largest absolute Gasteiger partial charge is 0.460 e. The van der Waals surface area contributed by atoms with Crippen LogP contribution in [-0.2, 0) is 0 Å². The highest BCUT2D eigenvalue weighted by atomic mass is 19.4. The molecule has 1 aliphatic carbocycles. The average molecular weight is 457 g/mol. The second-order valence-electron chi connectivity index (χ2n) is 8.60. The Kier molecular flexibility index (Phi) is 4.88. The van der Waals surface area contributed by atoms with E-state index in [1.807, 2.05) is 20.0 Å². The number of halogens is 3. The van der Waals surface area contributed by atoms with Crippen molar-refractivity contribution in [1.29, 1.82) is 0 Å². The number of rotatable bonds is 4. The molecule has 9 heteroatoms. The molecule has 0 bridgehead atoms. The Hall–Kier alpha value is -3.49. The van der Waals surface area contributed by atoms with Gasteiger partial charge < -0.3 is 14.5 Å². The molecule has 1 N–H and O–H groups in total. The van der Waals surface area contributed by atoms with Crippen molar-refractivity contribution in [2.45, 2.75) is 45.8 Å². The minimum absolute atomic E-state index is 0.0961. The molecule has 6 nitrogen and oxygen atoms in total. The number of nitrogens with one attached hydrogen (secondary N) is 1. The first-order valence-electron chi connectivity index (χ1n) is 10.6. The van der Waals surface area contributed by atoms with Crippen LogP contribution in [0.2, 0.25) is 0 Å². The second-order valence-corrected chi connectivity index (χ2v) is 8.60. The van der Waals surface area contributed by atoms with Crippen molar-refractivity contribution in [1.82, 2.24) is 14.9 Å². The molecule has 1 aromatic carbocycles. The van der Waals surface area contributed by atoms with Gasteiger partial charge in [-0.2, -0.15) is 18.3 Å². The molecule has 1 saturated carbocycles. The summed E-state index contributed by atoms with van der Waals surface area (Å²) in [5.74, 6) is -0.212. The summed E-state index contributed by atoms with van der Waals surface area (Å²) in [5.41, 5.74) is 3.82. The van der Waals surface area contributed by atoms with Crippen LogP contribution in [0, 0.1) is 26.7 Å². The molecule has 0 spiro atoms. The number of aryl methyl sites for hydroxylation is 3. The summed E-state index contributed by atoms with van der Waals surface area (Å²) in [5, 5.41) is 7.59. The van der Waals surface area contributed by atoms with Gasteiger partial charge in [0.1, 0.15) is 22.6 Å². The smallest absolute Gasteiger partial charge is 0.391 e. The number of carbonyl (C=O) groups excluding carboxylic acids is 1. The minimum atomic E-state index is -4.21. The number of furan rings is 1. The van der Waals surface area contributed by atoms with Gasteiger partial charge in [-0.25, -0.2) is 4.52 Å². The van der Waals surface area contributed by atoms with Crippen LogP contribution in [0.5, 0.6) is 11.5 Å². The van der Waals surface area contributed by atoms with E-state index in [-0.39, 0.29) is 12.8 Å². The Morgan fingerprint density at radius 3 is 2.70 bits per heavy atom. The zero-order valence-corrected chi connectivity index (χ0v) is 18.3. The monoisotopic (exact) mass is 457 g/mol. The first-order valence-corrected chi connectivity index (χ1v) is 10.6. The molecule has 3 heterocycles. The highest BCUT2D eigenvalue weighted by molar-refractivity contribution is 6.07. The van der Waals surface area contributed by atoms with Crippen molar-refractivity contribution in [2.75, 3.05) is 0 Å². The SMILES string of the molecule is Cc1cn2nccc(Oc3ccc4c(C(=O)NC5CC(C(F)(F)F)C5)c(C)oc4c3)c2c1C. The molecule has 1 fully saturated rings. The Balaban J connectivity index is 1.38. The summed E-state index contributed by atoms with van der Waals surface area (Å²) in [4.78, 5) is 12.8. The van der Waals surface area contributed by atoms with Crippen molar-refractivity contribution < 1.29 is 27.1 Å². The molecule has 172 valence electrons. The summed E-state index contributed by atoms with van der Waals surface area (Å²) in [6, 6.07) is 6.46. The molecule has 33 heavy (non-hydrogen) atoms. The van der Waals surface area contributed by atoms with Crippen LogP contribution >= 0.6 is 0 Å². The zero-order chi connectivity index (χ0) is 23.5. The quantitative estimate of drug-likeness (QED) is 0.416. The molecule has 0 saturated heterocycles. The van der Waals surface area contributed by atoms with E-state index in [9.17, 15) is 18.0 Å². The lowest BCUT2D eigenvalue weighted by Crippen LogP contribution is -2.48. The van der Waals surface area contributed by atoms with E-state index in [4.69, 9.17) is 9.15 Å². The molecule has 1 aliphatic rings. The summed E-state index contributed by atoms with van der Waals surface area (Å²) in [7, 11) is 0. The predicted octanol–water partition coefficient (Wildman–Crippen LogP) is 5.87. The van der Waals surface area contributed by atoms with E-state index in [1.165, 1.54) is 0 Å². The number of ether oxygens (including phenoxy) is 1. The van der Waals surface area contributed by atoms with Crippen LogP contribution < -0.4 is 10.1 Å². The molecule has 0 aliphatic heterocycles. The Bertz CT molecular complexity index is 1380. The van der Waals surface area contributed by atoms with Gasteiger partial charge in [0.2, 0.25) is 0 Å². The van der Waals surface area contributed by atoms with Crippen LogP contribution in [0.4, 0.5) is 13.2 Å². The fourth-order valence-electron chi connectivity index (χ4n) is 4.36. The lowest BCUT2D eigenvalue weighted by atomic mass is 9.79. The van der Waals surface area contributed by atoms with Gasteiger partial charge in [0, 0.05) is 29.8 Å². The summed E-state index contributed by atoms with van der Waals surface area (Å²) in [6.07, 6.45) is -0.819. The van der Waals surface area contributed by atoms with Crippen molar-refractivity contribution in [3.05, 3.63) is 59.1 Å². The maximum Gasteiger partial charge on any atom is 0.391 e. The van der Waals surface area contributed by atoms with Crippen LogP contribution in [0.15, 0.2) is 41.1 Å². The number of fused-ring (bicyclic) bond motifs is 2. The number of benzene rings is 1. The number of nitrogens with zero attached hydrogens (tertiary/aromatic N) is 2. The van der Waals surface area contributed by atoms with Crippen LogP contribution in [-0.4, -0.2) is 27.7 Å². The second kappa shape index (κ2) is 7.54. The number of carbonyl (C=O) groups is 1. The zero-order valence-electron chi connectivity index (χ0n) is 18.3. The van der Waals surface area contributed by atoms with E-state index < -0.39 is 24.0 Å². The number of hydrogen-bond acceptors (Lipinski definition) is 4. The van der Waals surface area contributed by atoms with Crippen LogP contribution in [0.3, 0.4) is 0 Å².